The zero-order chi connectivity index (χ0) is 12.5. The lowest BCUT2D eigenvalue weighted by molar-refractivity contribution is 0.408. The van der Waals surface area contributed by atoms with E-state index in [1.54, 1.807) is 6.20 Å². The van der Waals surface area contributed by atoms with Crippen LogP contribution in [0.4, 0.5) is 0 Å². The molecule has 0 spiro atoms. The van der Waals surface area contributed by atoms with Gasteiger partial charge in [0.1, 0.15) is 11.3 Å². The second-order valence-electron chi connectivity index (χ2n) is 3.95. The van der Waals surface area contributed by atoms with Crippen molar-refractivity contribution in [2.24, 2.45) is 0 Å². The van der Waals surface area contributed by atoms with Gasteiger partial charge >= 0.3 is 0 Å². The molecule has 0 aliphatic rings. The largest absolute Gasteiger partial charge is 0.343 e. The zero-order valence-corrected chi connectivity index (χ0v) is 10.4. The maximum Gasteiger partial charge on any atom is 0.213 e. The van der Waals surface area contributed by atoms with E-state index in [-0.39, 0.29) is 0 Å². The molecule has 0 bridgehead atoms. The third-order valence-corrected chi connectivity index (χ3v) is 2.87. The number of alkyl halides is 1. The molecule has 0 fully saturated rings. The summed E-state index contributed by atoms with van der Waals surface area (Å²) in [6.07, 6.45) is 3.10. The molecule has 0 N–H and O–H groups in total. The molecule has 0 radical (unpaired) electrons. The zero-order valence-electron chi connectivity index (χ0n) is 9.67. The van der Waals surface area contributed by atoms with Gasteiger partial charge in [-0.1, -0.05) is 5.16 Å². The number of aromatic nitrogens is 5. The molecule has 18 heavy (non-hydrogen) atoms. The van der Waals surface area contributed by atoms with Gasteiger partial charge in [-0.2, -0.15) is 4.98 Å². The van der Waals surface area contributed by atoms with Crippen LogP contribution in [0.15, 0.2) is 23.2 Å². The van der Waals surface area contributed by atoms with Crippen molar-refractivity contribution in [1.82, 2.24) is 24.7 Å². The van der Waals surface area contributed by atoms with Gasteiger partial charge in [0.25, 0.3) is 0 Å². The minimum absolute atomic E-state index is 0.313. The molecule has 0 saturated heterocycles. The molecule has 0 unspecified atom stereocenters. The predicted molar refractivity (Wildman–Crippen MR) is 65.2 cm³/mol. The number of aryl methyl sites for hydroxylation is 1. The van der Waals surface area contributed by atoms with Crippen molar-refractivity contribution >= 4 is 22.8 Å². The second-order valence-corrected chi connectivity index (χ2v) is 4.22. The standard InChI is InChI=1S/C11H10ClN5O/c1-7-2-8-11(13-4-7)17(10(3-12)15-8)5-9-14-6-18-16-9/h2,4,6H,3,5H2,1H3. The summed E-state index contributed by atoms with van der Waals surface area (Å²) in [5, 5.41) is 3.79. The van der Waals surface area contributed by atoms with Crippen molar-refractivity contribution in [1.29, 1.82) is 0 Å². The van der Waals surface area contributed by atoms with Crippen molar-refractivity contribution in [3.8, 4) is 0 Å². The molecular formula is C11H10ClN5O. The monoisotopic (exact) mass is 263 g/mol. The van der Waals surface area contributed by atoms with Gasteiger partial charge in [-0.3, -0.25) is 0 Å². The SMILES string of the molecule is Cc1cnc2c(c1)nc(CCl)n2Cc1ncon1. The first-order chi connectivity index (χ1) is 8.78. The van der Waals surface area contributed by atoms with Gasteiger partial charge in [-0.05, 0) is 18.6 Å². The van der Waals surface area contributed by atoms with Crippen LogP contribution in [0.25, 0.3) is 11.2 Å². The Kier molecular flexibility index (Phi) is 2.71. The summed E-state index contributed by atoms with van der Waals surface area (Å²) >= 11 is 5.91. The molecule has 0 atom stereocenters. The number of imidazole rings is 1. The highest BCUT2D eigenvalue weighted by Crippen LogP contribution is 2.17. The fourth-order valence-electron chi connectivity index (χ4n) is 1.83. The molecule has 0 saturated carbocycles. The van der Waals surface area contributed by atoms with Crippen LogP contribution < -0.4 is 0 Å². The molecule has 6 nitrogen and oxygen atoms in total. The van der Waals surface area contributed by atoms with Crippen LogP contribution >= 0.6 is 11.6 Å². The predicted octanol–water partition coefficient (Wildman–Crippen LogP) is 1.91. The van der Waals surface area contributed by atoms with Crippen LogP contribution in [0.2, 0.25) is 0 Å². The Labute approximate surface area is 108 Å². The van der Waals surface area contributed by atoms with E-state index in [9.17, 15) is 0 Å². The average molecular weight is 264 g/mol. The molecule has 3 rings (SSSR count). The Morgan fingerprint density at radius 1 is 1.39 bits per heavy atom. The molecular weight excluding hydrogens is 254 g/mol. The Bertz CT molecular complexity index is 676. The Morgan fingerprint density at radius 3 is 3.00 bits per heavy atom. The number of rotatable bonds is 3. The lowest BCUT2D eigenvalue weighted by Gasteiger charge is -2.03. The van der Waals surface area contributed by atoms with Gasteiger partial charge in [-0.15, -0.1) is 11.6 Å². The van der Waals surface area contributed by atoms with Crippen molar-refractivity contribution in [3.63, 3.8) is 0 Å². The first-order valence-corrected chi connectivity index (χ1v) is 5.94. The highest BCUT2D eigenvalue weighted by molar-refractivity contribution is 6.16. The highest BCUT2D eigenvalue weighted by Gasteiger charge is 2.13. The first kappa shape index (κ1) is 11.2. The van der Waals surface area contributed by atoms with Gasteiger partial charge < -0.3 is 9.09 Å². The molecule has 92 valence electrons. The van der Waals surface area contributed by atoms with Crippen LogP contribution in [-0.4, -0.2) is 24.7 Å². The van der Waals surface area contributed by atoms with E-state index >= 15 is 0 Å². The minimum atomic E-state index is 0.313. The summed E-state index contributed by atoms with van der Waals surface area (Å²) in [6, 6.07) is 1.98. The molecule has 0 aliphatic carbocycles. The van der Waals surface area contributed by atoms with Gasteiger partial charge in [0, 0.05) is 6.20 Å². The van der Waals surface area contributed by atoms with E-state index in [2.05, 4.69) is 20.1 Å². The number of hydrogen-bond acceptors (Lipinski definition) is 5. The summed E-state index contributed by atoms with van der Waals surface area (Å²) in [4.78, 5) is 12.8. The van der Waals surface area contributed by atoms with Crippen LogP contribution in [0, 0.1) is 6.92 Å². The van der Waals surface area contributed by atoms with E-state index in [0.29, 0.717) is 18.2 Å². The Hall–Kier alpha value is -1.95. The fourth-order valence-corrected chi connectivity index (χ4v) is 2.03. The minimum Gasteiger partial charge on any atom is -0.343 e. The highest BCUT2D eigenvalue weighted by atomic mass is 35.5. The van der Waals surface area contributed by atoms with Gasteiger partial charge in [0.2, 0.25) is 6.39 Å². The average Bonchev–Trinajstić information content (AvgIpc) is 2.97. The normalized spacial score (nSPS) is 11.2. The summed E-state index contributed by atoms with van der Waals surface area (Å²) in [5.41, 5.74) is 2.67. The van der Waals surface area contributed by atoms with E-state index in [1.807, 2.05) is 17.6 Å². The van der Waals surface area contributed by atoms with E-state index in [4.69, 9.17) is 16.1 Å². The summed E-state index contributed by atoms with van der Waals surface area (Å²) in [7, 11) is 0. The molecule has 0 aliphatic heterocycles. The third-order valence-electron chi connectivity index (χ3n) is 2.63. The second kappa shape index (κ2) is 4.38. The fraction of sp³-hybridized carbons (Fsp3) is 0.273. The molecule has 0 amide bonds. The van der Waals surface area contributed by atoms with Crippen molar-refractivity contribution < 1.29 is 4.52 Å². The van der Waals surface area contributed by atoms with Gasteiger partial charge in [0.15, 0.2) is 11.5 Å². The van der Waals surface area contributed by atoms with Crippen LogP contribution in [-0.2, 0) is 12.4 Å². The lowest BCUT2D eigenvalue weighted by Crippen LogP contribution is -2.06. The van der Waals surface area contributed by atoms with Gasteiger partial charge in [0.05, 0.1) is 12.4 Å². The summed E-state index contributed by atoms with van der Waals surface area (Å²) < 4.78 is 6.62. The number of halogens is 1. The van der Waals surface area contributed by atoms with Crippen LogP contribution in [0.3, 0.4) is 0 Å². The topological polar surface area (TPSA) is 69.6 Å². The van der Waals surface area contributed by atoms with Crippen molar-refractivity contribution in [3.05, 3.63) is 35.9 Å². The summed E-state index contributed by atoms with van der Waals surface area (Å²) in [6.45, 7) is 2.43. The molecule has 0 aromatic carbocycles. The number of hydrogen-bond donors (Lipinski definition) is 0. The molecule has 3 aromatic heterocycles. The number of nitrogens with zero attached hydrogens (tertiary/aromatic N) is 5. The summed E-state index contributed by atoms with van der Waals surface area (Å²) in [5.74, 6) is 1.63. The molecule has 7 heteroatoms. The van der Waals surface area contributed by atoms with Crippen LogP contribution in [0.1, 0.15) is 17.2 Å². The third kappa shape index (κ3) is 1.84. The number of pyridine rings is 1. The Morgan fingerprint density at radius 2 is 2.28 bits per heavy atom. The van der Waals surface area contributed by atoms with Crippen molar-refractivity contribution in [2.75, 3.05) is 0 Å². The lowest BCUT2D eigenvalue weighted by atomic mass is 10.3. The van der Waals surface area contributed by atoms with Gasteiger partial charge in [-0.25, -0.2) is 9.97 Å². The maximum atomic E-state index is 5.91. The van der Waals surface area contributed by atoms with E-state index < -0.39 is 0 Å². The molecule has 3 heterocycles. The van der Waals surface area contributed by atoms with E-state index in [0.717, 1.165) is 22.6 Å². The van der Waals surface area contributed by atoms with Crippen molar-refractivity contribution in [2.45, 2.75) is 19.3 Å². The van der Waals surface area contributed by atoms with E-state index in [1.165, 1.54) is 6.39 Å². The first-order valence-electron chi connectivity index (χ1n) is 5.41. The Balaban J connectivity index is 2.13. The number of fused-ring (bicyclic) bond motifs is 1. The quantitative estimate of drug-likeness (QED) is 0.675. The smallest absolute Gasteiger partial charge is 0.213 e. The van der Waals surface area contributed by atoms with Crippen LogP contribution in [0.5, 0.6) is 0 Å². The molecule has 3 aromatic rings. The maximum absolute atomic E-state index is 5.91.